The third-order valence-electron chi connectivity index (χ3n) is 3.37. The first-order valence-electron chi connectivity index (χ1n) is 7.94. The Labute approximate surface area is 153 Å². The topological polar surface area (TPSA) is 93.5 Å². The van der Waals surface area contributed by atoms with Gasteiger partial charge >= 0.3 is 6.61 Å². The molecular formula is C18H17F2N3O4. The molecule has 0 bridgehead atoms. The summed E-state index contributed by atoms with van der Waals surface area (Å²) < 4.78 is 28.4. The highest BCUT2D eigenvalue weighted by Gasteiger charge is 2.11. The van der Waals surface area contributed by atoms with Gasteiger partial charge in [0.1, 0.15) is 11.4 Å². The highest BCUT2D eigenvalue weighted by molar-refractivity contribution is 5.91. The molecule has 2 rings (SSSR count). The van der Waals surface area contributed by atoms with Crippen LogP contribution in [0.5, 0.6) is 5.75 Å². The second-order valence-electron chi connectivity index (χ2n) is 5.27. The first-order chi connectivity index (χ1) is 13.0. The van der Waals surface area contributed by atoms with E-state index in [2.05, 4.69) is 15.4 Å². The standard InChI is InChI=1S/C18H17F2N3O4/c19-18(20)27-14-8-5-13(6-9-14)7-10-17(24)22-12-11-21-15-3-1-2-4-16(15)23(25)26/h1-10,18,21H,11-12H2,(H,22,24)/b10-7+. The number of ether oxygens (including phenoxy) is 1. The minimum absolute atomic E-state index is 0.0349. The van der Waals surface area contributed by atoms with Gasteiger partial charge in [0, 0.05) is 25.2 Å². The van der Waals surface area contributed by atoms with Gasteiger partial charge in [0.05, 0.1) is 4.92 Å². The molecule has 0 unspecified atom stereocenters. The van der Waals surface area contributed by atoms with E-state index in [1.54, 1.807) is 18.2 Å². The average molecular weight is 377 g/mol. The van der Waals surface area contributed by atoms with Crippen LogP contribution in [0, 0.1) is 10.1 Å². The van der Waals surface area contributed by atoms with Gasteiger partial charge in [-0.3, -0.25) is 14.9 Å². The van der Waals surface area contributed by atoms with E-state index in [0.717, 1.165) is 0 Å². The number of nitro benzene ring substituents is 1. The molecule has 0 fully saturated rings. The molecule has 2 aromatic carbocycles. The Morgan fingerprint density at radius 1 is 1.15 bits per heavy atom. The summed E-state index contributed by atoms with van der Waals surface area (Å²) in [4.78, 5) is 22.2. The van der Waals surface area contributed by atoms with Crippen LogP contribution in [-0.4, -0.2) is 30.5 Å². The Hall–Kier alpha value is -3.49. The van der Waals surface area contributed by atoms with Crippen LogP contribution in [0.2, 0.25) is 0 Å². The average Bonchev–Trinajstić information content (AvgIpc) is 2.64. The number of benzene rings is 2. The number of hydrogen-bond donors (Lipinski definition) is 2. The number of hydrogen-bond acceptors (Lipinski definition) is 5. The molecule has 2 N–H and O–H groups in total. The Balaban J connectivity index is 1.76. The van der Waals surface area contributed by atoms with Gasteiger partial charge < -0.3 is 15.4 Å². The maximum atomic E-state index is 12.1. The summed E-state index contributed by atoms with van der Waals surface area (Å²) >= 11 is 0. The van der Waals surface area contributed by atoms with Crippen LogP contribution >= 0.6 is 0 Å². The van der Waals surface area contributed by atoms with Crippen molar-refractivity contribution >= 4 is 23.4 Å². The predicted octanol–water partition coefficient (Wildman–Crippen LogP) is 3.44. The zero-order valence-corrected chi connectivity index (χ0v) is 14.1. The van der Waals surface area contributed by atoms with Crippen LogP contribution in [0.25, 0.3) is 6.08 Å². The molecule has 9 heteroatoms. The molecule has 0 saturated heterocycles. The summed E-state index contributed by atoms with van der Waals surface area (Å²) in [6.45, 7) is -2.32. The van der Waals surface area contributed by atoms with Crippen molar-refractivity contribution in [3.05, 3.63) is 70.3 Å². The second kappa shape index (κ2) is 9.85. The van der Waals surface area contributed by atoms with Gasteiger partial charge in [0.2, 0.25) is 5.91 Å². The first kappa shape index (κ1) is 19.8. The molecule has 0 aromatic heterocycles. The van der Waals surface area contributed by atoms with Crippen molar-refractivity contribution in [3.8, 4) is 5.75 Å². The van der Waals surface area contributed by atoms with Crippen LogP contribution in [0.4, 0.5) is 20.2 Å². The van der Waals surface area contributed by atoms with Crippen molar-refractivity contribution in [1.29, 1.82) is 0 Å². The number of carbonyl (C=O) groups excluding carboxylic acids is 1. The monoisotopic (exact) mass is 377 g/mol. The zero-order valence-electron chi connectivity index (χ0n) is 14.1. The number of nitro groups is 1. The van der Waals surface area contributed by atoms with Crippen molar-refractivity contribution in [2.45, 2.75) is 6.61 Å². The largest absolute Gasteiger partial charge is 0.435 e. The van der Waals surface area contributed by atoms with Gasteiger partial charge in [-0.25, -0.2) is 0 Å². The van der Waals surface area contributed by atoms with E-state index in [-0.39, 0.29) is 23.9 Å². The number of nitrogens with one attached hydrogen (secondary N) is 2. The fourth-order valence-corrected chi connectivity index (χ4v) is 2.16. The maximum Gasteiger partial charge on any atom is 0.387 e. The molecule has 0 radical (unpaired) electrons. The van der Waals surface area contributed by atoms with Crippen molar-refractivity contribution in [3.63, 3.8) is 0 Å². The Morgan fingerprint density at radius 2 is 1.85 bits per heavy atom. The van der Waals surface area contributed by atoms with Gasteiger partial charge in [0.15, 0.2) is 0 Å². The van der Waals surface area contributed by atoms with Crippen LogP contribution in [0.3, 0.4) is 0 Å². The number of nitrogens with zero attached hydrogens (tertiary/aromatic N) is 1. The molecule has 0 saturated carbocycles. The van der Waals surface area contributed by atoms with Crippen LogP contribution in [0.15, 0.2) is 54.6 Å². The fourth-order valence-electron chi connectivity index (χ4n) is 2.16. The van der Waals surface area contributed by atoms with Gasteiger partial charge in [-0.1, -0.05) is 24.3 Å². The smallest absolute Gasteiger partial charge is 0.387 e. The number of rotatable bonds is 9. The van der Waals surface area contributed by atoms with Crippen molar-refractivity contribution in [1.82, 2.24) is 5.32 Å². The zero-order chi connectivity index (χ0) is 19.6. The molecule has 7 nitrogen and oxygen atoms in total. The molecule has 0 spiro atoms. The molecule has 0 aliphatic rings. The van der Waals surface area contributed by atoms with Crippen molar-refractivity contribution in [2.24, 2.45) is 0 Å². The highest BCUT2D eigenvalue weighted by Crippen LogP contribution is 2.22. The molecular weight excluding hydrogens is 360 g/mol. The number of anilines is 1. The maximum absolute atomic E-state index is 12.1. The van der Waals surface area contributed by atoms with Gasteiger partial charge in [-0.15, -0.1) is 0 Å². The van der Waals surface area contributed by atoms with Gasteiger partial charge in [0.25, 0.3) is 5.69 Å². The third kappa shape index (κ3) is 6.73. The summed E-state index contributed by atoms with van der Waals surface area (Å²) in [5, 5.41) is 16.4. The first-order valence-corrected chi connectivity index (χ1v) is 7.94. The van der Waals surface area contributed by atoms with E-state index in [4.69, 9.17) is 0 Å². The molecule has 1 amide bonds. The summed E-state index contributed by atoms with van der Waals surface area (Å²) in [6, 6.07) is 12.1. The van der Waals surface area contributed by atoms with Gasteiger partial charge in [-0.2, -0.15) is 8.78 Å². The number of halogens is 2. The molecule has 0 atom stereocenters. The van der Waals surface area contributed by atoms with E-state index in [1.165, 1.54) is 42.5 Å². The van der Waals surface area contributed by atoms with E-state index in [0.29, 0.717) is 17.8 Å². The van der Waals surface area contributed by atoms with E-state index < -0.39 is 11.5 Å². The second-order valence-corrected chi connectivity index (χ2v) is 5.27. The molecule has 0 aliphatic carbocycles. The predicted molar refractivity (Wildman–Crippen MR) is 96.7 cm³/mol. The number of para-hydroxylation sites is 2. The van der Waals surface area contributed by atoms with E-state index in [1.807, 2.05) is 0 Å². The lowest BCUT2D eigenvalue weighted by Gasteiger charge is -2.07. The number of amides is 1. The van der Waals surface area contributed by atoms with Crippen molar-refractivity contribution < 1.29 is 23.2 Å². The molecule has 0 aliphatic heterocycles. The fraction of sp³-hybridized carbons (Fsp3) is 0.167. The summed E-state index contributed by atoms with van der Waals surface area (Å²) in [6.07, 6.45) is 2.82. The minimum Gasteiger partial charge on any atom is -0.435 e. The third-order valence-corrected chi connectivity index (χ3v) is 3.37. The summed E-state index contributed by atoms with van der Waals surface area (Å²) in [5.74, 6) is -0.319. The highest BCUT2D eigenvalue weighted by atomic mass is 19.3. The van der Waals surface area contributed by atoms with Gasteiger partial charge in [-0.05, 0) is 29.8 Å². The molecule has 0 heterocycles. The molecule has 27 heavy (non-hydrogen) atoms. The lowest BCUT2D eigenvalue weighted by molar-refractivity contribution is -0.384. The number of alkyl halides is 2. The van der Waals surface area contributed by atoms with Crippen molar-refractivity contribution in [2.75, 3.05) is 18.4 Å². The Bertz CT molecular complexity index is 811. The quantitative estimate of drug-likeness (QED) is 0.302. The summed E-state index contributed by atoms with van der Waals surface area (Å²) in [5.41, 5.74) is 0.978. The Morgan fingerprint density at radius 3 is 2.52 bits per heavy atom. The SMILES string of the molecule is O=C(/C=C/c1ccc(OC(F)F)cc1)NCCNc1ccccc1[N+](=O)[O-]. The summed E-state index contributed by atoms with van der Waals surface area (Å²) in [7, 11) is 0. The lowest BCUT2D eigenvalue weighted by atomic mass is 10.2. The van der Waals surface area contributed by atoms with Crippen LogP contribution in [0.1, 0.15) is 5.56 Å². The molecule has 142 valence electrons. The van der Waals surface area contributed by atoms with Crippen LogP contribution < -0.4 is 15.4 Å². The minimum atomic E-state index is -2.89. The normalized spacial score (nSPS) is 10.8. The molecule has 2 aromatic rings. The van der Waals surface area contributed by atoms with Crippen LogP contribution in [-0.2, 0) is 4.79 Å². The number of carbonyl (C=O) groups is 1. The van der Waals surface area contributed by atoms with E-state index in [9.17, 15) is 23.7 Å². The Kier molecular flexibility index (Phi) is 7.24. The lowest BCUT2D eigenvalue weighted by Crippen LogP contribution is -2.27. The van der Waals surface area contributed by atoms with E-state index >= 15 is 0 Å².